The molecule has 1 aliphatic rings. The van der Waals surface area contributed by atoms with Gasteiger partial charge in [0.25, 0.3) is 0 Å². The van der Waals surface area contributed by atoms with Crippen LogP contribution in [0.25, 0.3) is 0 Å². The number of halogens is 1. The van der Waals surface area contributed by atoms with E-state index >= 15 is 0 Å². The summed E-state index contributed by atoms with van der Waals surface area (Å²) in [5.41, 5.74) is 0. The molecule has 12 heavy (non-hydrogen) atoms. The average Bonchev–Trinajstić information content (AvgIpc) is 2.57. The fraction of sp³-hybridized carbons (Fsp3) is 0.833. The Hall–Kier alpha value is -0.360. The van der Waals surface area contributed by atoms with E-state index in [2.05, 4.69) is 9.78 Å². The maximum atomic E-state index is 9.24. The molecule has 0 aromatic heterocycles. The van der Waals surface area contributed by atoms with Gasteiger partial charge < -0.3 is 10.2 Å². The Kier molecular flexibility index (Phi) is 7.08. The Bertz CT molecular complexity index is 123. The second-order valence-corrected chi connectivity index (χ2v) is 2.41. The van der Waals surface area contributed by atoms with Crippen LogP contribution < -0.4 is 0 Å². The summed E-state index contributed by atoms with van der Waals surface area (Å²) in [6, 6.07) is 0. The van der Waals surface area contributed by atoms with E-state index in [1.807, 2.05) is 0 Å². The van der Waals surface area contributed by atoms with Crippen molar-refractivity contribution < 1.29 is 24.8 Å². The van der Waals surface area contributed by atoms with Gasteiger partial charge in [-0.1, -0.05) is 0 Å². The summed E-state index contributed by atoms with van der Waals surface area (Å²) in [6.07, 6.45) is 0. The van der Waals surface area contributed by atoms with E-state index in [-0.39, 0.29) is 18.4 Å². The molecule has 0 aliphatic carbocycles. The molecule has 72 valence electrons. The summed E-state index contributed by atoms with van der Waals surface area (Å²) in [5, 5.41) is 16.0. The summed E-state index contributed by atoms with van der Waals surface area (Å²) in [4.78, 5) is 18.2. The van der Waals surface area contributed by atoms with E-state index in [1.54, 1.807) is 0 Å². The van der Waals surface area contributed by atoms with Gasteiger partial charge in [0.15, 0.2) is 0 Å². The van der Waals surface area contributed by atoms with E-state index in [4.69, 9.17) is 21.8 Å². The zero-order valence-electron chi connectivity index (χ0n) is 6.40. The minimum absolute atomic E-state index is 0.167. The van der Waals surface area contributed by atoms with Gasteiger partial charge in [0.05, 0.1) is 19.8 Å². The molecular formula is C6H11ClO5. The Morgan fingerprint density at radius 1 is 1.50 bits per heavy atom. The minimum atomic E-state index is -0.980. The first kappa shape index (κ1) is 11.6. The standard InChI is InChI=1S/C4H8O3.C2H3ClO2/c5-1-4-2-6-7-3-4;3-1-2(4)5/h4-5H,1-3H2;1H2,(H,4,5). The first-order chi connectivity index (χ1) is 5.70. The smallest absolute Gasteiger partial charge is 0.318 e. The topological polar surface area (TPSA) is 76.0 Å². The van der Waals surface area contributed by atoms with E-state index in [1.165, 1.54) is 0 Å². The quantitative estimate of drug-likeness (QED) is 0.478. The van der Waals surface area contributed by atoms with Gasteiger partial charge in [0.2, 0.25) is 0 Å². The molecular weight excluding hydrogens is 188 g/mol. The van der Waals surface area contributed by atoms with Gasteiger partial charge in [-0.2, -0.15) is 0 Å². The minimum Gasteiger partial charge on any atom is -0.480 e. The van der Waals surface area contributed by atoms with Gasteiger partial charge in [-0.3, -0.25) is 4.79 Å². The molecule has 1 heterocycles. The number of aliphatic carboxylic acids is 1. The van der Waals surface area contributed by atoms with Crippen molar-refractivity contribution >= 4 is 17.6 Å². The molecule has 1 saturated heterocycles. The van der Waals surface area contributed by atoms with E-state index < -0.39 is 5.97 Å². The van der Waals surface area contributed by atoms with Crippen molar-refractivity contribution in [2.75, 3.05) is 25.7 Å². The van der Waals surface area contributed by atoms with Crippen LogP contribution in [0.4, 0.5) is 0 Å². The van der Waals surface area contributed by atoms with Crippen molar-refractivity contribution in [3.63, 3.8) is 0 Å². The second-order valence-electron chi connectivity index (χ2n) is 2.15. The first-order valence-electron chi connectivity index (χ1n) is 3.33. The Labute approximate surface area is 74.8 Å². The third-order valence-electron chi connectivity index (χ3n) is 1.06. The molecule has 0 bridgehead atoms. The van der Waals surface area contributed by atoms with Crippen molar-refractivity contribution in [1.29, 1.82) is 0 Å². The summed E-state index contributed by atoms with van der Waals surface area (Å²) in [6.45, 7) is 1.24. The van der Waals surface area contributed by atoms with E-state index in [9.17, 15) is 4.79 Å². The molecule has 1 aliphatic heterocycles. The van der Waals surface area contributed by atoms with Crippen LogP contribution in [0.2, 0.25) is 0 Å². The first-order valence-corrected chi connectivity index (χ1v) is 3.87. The van der Waals surface area contributed by atoms with Gasteiger partial charge in [0.1, 0.15) is 5.88 Å². The van der Waals surface area contributed by atoms with Gasteiger partial charge in [-0.05, 0) is 0 Å². The monoisotopic (exact) mass is 198 g/mol. The molecule has 0 saturated carbocycles. The van der Waals surface area contributed by atoms with Crippen LogP contribution >= 0.6 is 11.6 Å². The van der Waals surface area contributed by atoms with E-state index in [0.29, 0.717) is 13.2 Å². The van der Waals surface area contributed by atoms with Crippen LogP contribution in [0.15, 0.2) is 0 Å². The third-order valence-corrected chi connectivity index (χ3v) is 1.29. The highest BCUT2D eigenvalue weighted by molar-refractivity contribution is 6.26. The number of carbonyl (C=O) groups is 1. The van der Waals surface area contributed by atoms with Crippen molar-refractivity contribution in [3.05, 3.63) is 0 Å². The van der Waals surface area contributed by atoms with Crippen LogP contribution in [0.3, 0.4) is 0 Å². The molecule has 1 rings (SSSR count). The Morgan fingerprint density at radius 2 is 1.92 bits per heavy atom. The zero-order valence-corrected chi connectivity index (χ0v) is 7.16. The number of carboxylic acids is 1. The summed E-state index contributed by atoms with van der Waals surface area (Å²) < 4.78 is 0. The highest BCUT2D eigenvalue weighted by Crippen LogP contribution is 2.04. The normalized spacial score (nSPS) is 16.8. The number of aliphatic hydroxyl groups is 1. The maximum absolute atomic E-state index is 9.24. The molecule has 5 nitrogen and oxygen atoms in total. The van der Waals surface area contributed by atoms with Gasteiger partial charge in [-0.25, -0.2) is 9.78 Å². The molecule has 0 aromatic carbocycles. The predicted molar refractivity (Wildman–Crippen MR) is 40.8 cm³/mol. The zero-order chi connectivity index (χ0) is 9.40. The highest BCUT2D eigenvalue weighted by Gasteiger charge is 2.14. The number of aliphatic hydroxyl groups excluding tert-OH is 1. The SMILES string of the molecule is O=C(O)CCl.OCC1COOC1. The molecule has 6 heteroatoms. The van der Waals surface area contributed by atoms with Crippen molar-refractivity contribution in [1.82, 2.24) is 0 Å². The van der Waals surface area contributed by atoms with E-state index in [0.717, 1.165) is 0 Å². The van der Waals surface area contributed by atoms with Crippen molar-refractivity contribution in [2.45, 2.75) is 0 Å². The second kappa shape index (κ2) is 7.30. The number of hydrogen-bond donors (Lipinski definition) is 2. The lowest BCUT2D eigenvalue weighted by Gasteiger charge is -1.93. The van der Waals surface area contributed by atoms with Crippen molar-refractivity contribution in [3.8, 4) is 0 Å². The molecule has 0 unspecified atom stereocenters. The third kappa shape index (κ3) is 6.36. The lowest BCUT2D eigenvalue weighted by Crippen LogP contribution is -2.07. The van der Waals surface area contributed by atoms with Crippen LogP contribution in [0, 0.1) is 5.92 Å². The van der Waals surface area contributed by atoms with Crippen LogP contribution in [0.1, 0.15) is 0 Å². The van der Waals surface area contributed by atoms with Crippen LogP contribution in [-0.4, -0.2) is 41.9 Å². The number of alkyl halides is 1. The van der Waals surface area contributed by atoms with Gasteiger partial charge in [-0.15, -0.1) is 11.6 Å². The van der Waals surface area contributed by atoms with Gasteiger partial charge in [0, 0.05) is 5.92 Å². The summed E-state index contributed by atoms with van der Waals surface area (Å²) in [5.74, 6) is -1.08. The average molecular weight is 199 g/mol. The van der Waals surface area contributed by atoms with Crippen molar-refractivity contribution in [2.24, 2.45) is 5.92 Å². The lowest BCUT2D eigenvalue weighted by atomic mass is 10.2. The summed E-state index contributed by atoms with van der Waals surface area (Å²) in [7, 11) is 0. The van der Waals surface area contributed by atoms with Crippen LogP contribution in [0.5, 0.6) is 0 Å². The molecule has 1 fully saturated rings. The lowest BCUT2D eigenvalue weighted by molar-refractivity contribution is -0.248. The molecule has 2 N–H and O–H groups in total. The molecule has 0 atom stereocenters. The van der Waals surface area contributed by atoms with Gasteiger partial charge >= 0.3 is 5.97 Å². The number of carboxylic acid groups (broad SMARTS) is 1. The molecule has 0 radical (unpaired) electrons. The molecule has 0 aromatic rings. The van der Waals surface area contributed by atoms with Crippen LogP contribution in [-0.2, 0) is 14.6 Å². The summed E-state index contributed by atoms with van der Waals surface area (Å²) >= 11 is 4.74. The molecule has 0 amide bonds. The fourth-order valence-corrected chi connectivity index (χ4v) is 0.442. The fourth-order valence-electron chi connectivity index (χ4n) is 0.442. The largest absolute Gasteiger partial charge is 0.480 e. The Balaban J connectivity index is 0.000000217. The number of rotatable bonds is 2. The maximum Gasteiger partial charge on any atom is 0.318 e. The number of hydrogen-bond acceptors (Lipinski definition) is 4. The highest BCUT2D eigenvalue weighted by atomic mass is 35.5. The Morgan fingerprint density at radius 3 is 2.08 bits per heavy atom. The molecule has 0 spiro atoms. The predicted octanol–water partition coefficient (Wildman–Crippen LogP) is -0.133.